The van der Waals surface area contributed by atoms with Gasteiger partial charge in [-0.25, -0.2) is 0 Å². The molecule has 0 bridgehead atoms. The Bertz CT molecular complexity index is 461. The Morgan fingerprint density at radius 3 is 2.38 bits per heavy atom. The number of anilines is 1. The maximum Gasteiger partial charge on any atom is 0.142 e. The second-order valence-corrected chi connectivity index (χ2v) is 6.48. The van der Waals surface area contributed by atoms with E-state index in [0.29, 0.717) is 0 Å². The monoisotopic (exact) mass is 375 g/mol. The number of piperazine rings is 1. The Morgan fingerprint density at radius 2 is 1.71 bits per heavy atom. The van der Waals surface area contributed by atoms with Crippen molar-refractivity contribution in [1.29, 1.82) is 0 Å². The molecule has 0 spiro atoms. The highest BCUT2D eigenvalue weighted by atomic mass is 35.5. The van der Waals surface area contributed by atoms with Crippen LogP contribution in [0.5, 0.6) is 5.75 Å². The number of halogens is 2. The molecule has 6 heteroatoms. The van der Waals surface area contributed by atoms with Crippen LogP contribution in [0.2, 0.25) is 0 Å². The highest BCUT2D eigenvalue weighted by Gasteiger charge is 2.20. The van der Waals surface area contributed by atoms with E-state index in [1.807, 2.05) is 6.07 Å². The Morgan fingerprint density at radius 1 is 1.04 bits per heavy atom. The van der Waals surface area contributed by atoms with Crippen molar-refractivity contribution in [2.24, 2.45) is 5.92 Å². The molecular weight excluding hydrogens is 345 g/mol. The minimum atomic E-state index is 0. The SMILES string of the molecule is COc1ccccc1N1CCN(CCC2CCNCC2)CC1.Cl.Cl. The van der Waals surface area contributed by atoms with Crippen molar-refractivity contribution in [3.8, 4) is 5.75 Å². The summed E-state index contributed by atoms with van der Waals surface area (Å²) in [5.74, 6) is 1.93. The molecule has 3 rings (SSSR count). The summed E-state index contributed by atoms with van der Waals surface area (Å²) in [5.41, 5.74) is 1.24. The van der Waals surface area contributed by atoms with Gasteiger partial charge in [0.2, 0.25) is 0 Å². The molecule has 1 aromatic carbocycles. The predicted octanol–water partition coefficient (Wildman–Crippen LogP) is 3.05. The summed E-state index contributed by atoms with van der Waals surface area (Å²) in [4.78, 5) is 5.09. The van der Waals surface area contributed by atoms with E-state index in [4.69, 9.17) is 4.74 Å². The Labute approximate surface area is 158 Å². The van der Waals surface area contributed by atoms with Crippen LogP contribution in [0.4, 0.5) is 5.69 Å². The van der Waals surface area contributed by atoms with Crippen molar-refractivity contribution in [1.82, 2.24) is 10.2 Å². The molecule has 0 saturated carbocycles. The van der Waals surface area contributed by atoms with Crippen LogP contribution < -0.4 is 15.0 Å². The third-order valence-electron chi connectivity index (χ3n) is 5.11. The average molecular weight is 376 g/mol. The van der Waals surface area contributed by atoms with Crippen LogP contribution in [0.15, 0.2) is 24.3 Å². The molecule has 2 fully saturated rings. The van der Waals surface area contributed by atoms with Gasteiger partial charge in [0, 0.05) is 26.2 Å². The lowest BCUT2D eigenvalue weighted by Crippen LogP contribution is -2.47. The van der Waals surface area contributed by atoms with E-state index >= 15 is 0 Å². The molecule has 2 aliphatic rings. The zero-order chi connectivity index (χ0) is 15.2. The smallest absolute Gasteiger partial charge is 0.142 e. The molecule has 0 atom stereocenters. The predicted molar refractivity (Wildman–Crippen MR) is 106 cm³/mol. The molecule has 2 saturated heterocycles. The van der Waals surface area contributed by atoms with Gasteiger partial charge in [-0.1, -0.05) is 12.1 Å². The van der Waals surface area contributed by atoms with Gasteiger partial charge in [-0.05, 0) is 56.9 Å². The van der Waals surface area contributed by atoms with Gasteiger partial charge < -0.3 is 15.0 Å². The summed E-state index contributed by atoms with van der Waals surface area (Å²) < 4.78 is 5.49. The van der Waals surface area contributed by atoms with Crippen LogP contribution in [0, 0.1) is 5.92 Å². The minimum absolute atomic E-state index is 0. The number of benzene rings is 1. The zero-order valence-corrected chi connectivity index (χ0v) is 16.2. The van der Waals surface area contributed by atoms with Crippen LogP contribution in [-0.4, -0.2) is 57.8 Å². The molecule has 2 aliphatic heterocycles. The van der Waals surface area contributed by atoms with Crippen LogP contribution >= 0.6 is 24.8 Å². The molecule has 0 radical (unpaired) electrons. The Kier molecular flexibility index (Phi) is 9.82. The van der Waals surface area contributed by atoms with Crippen molar-refractivity contribution in [3.05, 3.63) is 24.3 Å². The molecule has 24 heavy (non-hydrogen) atoms. The van der Waals surface area contributed by atoms with Crippen molar-refractivity contribution >= 4 is 30.5 Å². The maximum atomic E-state index is 5.49. The normalized spacial score (nSPS) is 19.3. The number of hydrogen-bond donors (Lipinski definition) is 1. The third-order valence-corrected chi connectivity index (χ3v) is 5.11. The Balaban J connectivity index is 0.00000144. The van der Waals surface area contributed by atoms with E-state index in [0.717, 1.165) is 24.8 Å². The number of ether oxygens (including phenoxy) is 1. The van der Waals surface area contributed by atoms with Crippen LogP contribution in [0.1, 0.15) is 19.3 Å². The first-order valence-corrected chi connectivity index (χ1v) is 8.68. The van der Waals surface area contributed by atoms with Crippen LogP contribution in [0.3, 0.4) is 0 Å². The zero-order valence-electron chi connectivity index (χ0n) is 14.6. The largest absolute Gasteiger partial charge is 0.495 e. The molecule has 138 valence electrons. The van der Waals surface area contributed by atoms with Gasteiger partial charge in [-0.15, -0.1) is 24.8 Å². The number of nitrogens with one attached hydrogen (secondary N) is 1. The van der Waals surface area contributed by atoms with Gasteiger partial charge in [0.05, 0.1) is 12.8 Å². The number of para-hydroxylation sites is 2. The molecule has 0 aliphatic carbocycles. The minimum Gasteiger partial charge on any atom is -0.495 e. The van der Waals surface area contributed by atoms with Crippen molar-refractivity contribution in [3.63, 3.8) is 0 Å². The van der Waals surface area contributed by atoms with E-state index in [1.165, 1.54) is 57.7 Å². The second-order valence-electron chi connectivity index (χ2n) is 6.48. The van der Waals surface area contributed by atoms with E-state index < -0.39 is 0 Å². The lowest BCUT2D eigenvalue weighted by Gasteiger charge is -2.37. The summed E-state index contributed by atoms with van der Waals surface area (Å²) >= 11 is 0. The van der Waals surface area contributed by atoms with Crippen LogP contribution in [-0.2, 0) is 0 Å². The van der Waals surface area contributed by atoms with E-state index in [1.54, 1.807) is 7.11 Å². The lowest BCUT2D eigenvalue weighted by molar-refractivity contribution is 0.224. The summed E-state index contributed by atoms with van der Waals surface area (Å²) in [6.45, 7) is 8.24. The summed E-state index contributed by atoms with van der Waals surface area (Å²) in [6.07, 6.45) is 4.10. The standard InChI is InChI=1S/C18H29N3O.2ClH/c1-22-18-5-3-2-4-17(18)21-14-12-20(13-15-21)11-8-16-6-9-19-10-7-16;;/h2-5,16,19H,6-15H2,1H3;2*1H. The molecule has 1 aromatic rings. The van der Waals surface area contributed by atoms with E-state index in [9.17, 15) is 0 Å². The van der Waals surface area contributed by atoms with Gasteiger partial charge in [0.15, 0.2) is 0 Å². The highest BCUT2D eigenvalue weighted by Crippen LogP contribution is 2.28. The fourth-order valence-corrected chi connectivity index (χ4v) is 3.64. The first-order chi connectivity index (χ1) is 10.9. The molecule has 2 heterocycles. The van der Waals surface area contributed by atoms with Gasteiger partial charge >= 0.3 is 0 Å². The van der Waals surface area contributed by atoms with E-state index in [2.05, 4.69) is 33.3 Å². The van der Waals surface area contributed by atoms with Crippen molar-refractivity contribution in [2.45, 2.75) is 19.3 Å². The quantitative estimate of drug-likeness (QED) is 0.855. The topological polar surface area (TPSA) is 27.7 Å². The summed E-state index contributed by atoms with van der Waals surface area (Å²) in [7, 11) is 1.76. The fraction of sp³-hybridized carbons (Fsp3) is 0.667. The molecule has 0 amide bonds. The summed E-state index contributed by atoms with van der Waals surface area (Å²) in [5, 5.41) is 3.46. The average Bonchev–Trinajstić information content (AvgIpc) is 2.61. The second kappa shape index (κ2) is 11.0. The van der Waals surface area contributed by atoms with Crippen LogP contribution in [0.25, 0.3) is 0 Å². The highest BCUT2D eigenvalue weighted by molar-refractivity contribution is 5.85. The van der Waals surface area contributed by atoms with Gasteiger partial charge in [0.25, 0.3) is 0 Å². The summed E-state index contributed by atoms with van der Waals surface area (Å²) in [6, 6.07) is 8.36. The number of hydrogen-bond acceptors (Lipinski definition) is 4. The van der Waals surface area contributed by atoms with Crippen molar-refractivity contribution < 1.29 is 4.74 Å². The van der Waals surface area contributed by atoms with Gasteiger partial charge in [-0.2, -0.15) is 0 Å². The van der Waals surface area contributed by atoms with Gasteiger partial charge in [-0.3, -0.25) is 4.90 Å². The first-order valence-electron chi connectivity index (χ1n) is 8.68. The first kappa shape index (κ1) is 21.4. The molecule has 4 nitrogen and oxygen atoms in total. The van der Waals surface area contributed by atoms with E-state index in [-0.39, 0.29) is 24.8 Å². The molecule has 0 aromatic heterocycles. The maximum absolute atomic E-state index is 5.49. The molecule has 0 unspecified atom stereocenters. The lowest BCUT2D eigenvalue weighted by atomic mass is 9.94. The van der Waals surface area contributed by atoms with Crippen molar-refractivity contribution in [2.75, 3.05) is 57.8 Å². The number of rotatable bonds is 5. The number of piperidine rings is 1. The number of nitrogens with zero attached hydrogens (tertiary/aromatic N) is 2. The molecule has 1 N–H and O–H groups in total. The van der Waals surface area contributed by atoms with Gasteiger partial charge in [0.1, 0.15) is 5.75 Å². The molecular formula is C18H31Cl2N3O. The Hall–Kier alpha value is -0.680. The number of methoxy groups -OCH3 is 1. The third kappa shape index (κ3) is 5.69. The fourth-order valence-electron chi connectivity index (χ4n) is 3.64.